The molecule has 1 saturated heterocycles. The van der Waals surface area contributed by atoms with Gasteiger partial charge in [0.15, 0.2) is 5.82 Å². The molecule has 2 aromatic heterocycles. The van der Waals surface area contributed by atoms with Gasteiger partial charge in [-0.3, -0.25) is 19.4 Å². The first-order chi connectivity index (χ1) is 20.9. The van der Waals surface area contributed by atoms with E-state index in [2.05, 4.69) is 20.3 Å². The van der Waals surface area contributed by atoms with Gasteiger partial charge in [-0.1, -0.05) is 11.6 Å². The van der Waals surface area contributed by atoms with Crippen LogP contribution in [0.4, 0.5) is 0 Å². The van der Waals surface area contributed by atoms with Crippen molar-refractivity contribution in [3.8, 4) is 17.1 Å². The van der Waals surface area contributed by atoms with Crippen molar-refractivity contribution in [3.05, 3.63) is 81.9 Å². The minimum Gasteiger partial charge on any atom is -0.756 e. The quantitative estimate of drug-likeness (QED) is 0.326. The Morgan fingerprint density at radius 2 is 1.75 bits per heavy atom. The van der Waals surface area contributed by atoms with Crippen LogP contribution in [0.1, 0.15) is 28.8 Å². The second-order valence-electron chi connectivity index (χ2n) is 9.89. The number of aromatic nitrogens is 3. The molecule has 0 radical (unpaired) electrons. The number of phenolic OH excluding ortho intramolecular Hbond substituents is 1. The number of hydrogen-bond donors (Lipinski definition) is 2. The SMILES string of the molecule is CNC(=O)CC1CN(S(=O)(=O)C=Cc2ccc(Cl)cc2O)CC(CC(=O)N(C)[O-])N1C(=O)c1cnc(-c2ccncc2)nc1. The van der Waals surface area contributed by atoms with Crippen molar-refractivity contribution < 1.29 is 27.9 Å². The zero-order valence-corrected chi connectivity index (χ0v) is 25.3. The molecule has 3 aromatic rings. The molecule has 0 aliphatic carbocycles. The molecule has 0 saturated carbocycles. The first kappa shape index (κ1) is 32.5. The average Bonchev–Trinajstić information content (AvgIpc) is 3.00. The smallest absolute Gasteiger partial charge is 0.257 e. The predicted molar refractivity (Wildman–Crippen MR) is 161 cm³/mol. The third-order valence-electron chi connectivity index (χ3n) is 6.92. The molecule has 1 fully saturated rings. The Hall–Kier alpha value is -4.44. The van der Waals surface area contributed by atoms with E-state index < -0.39 is 46.2 Å². The normalized spacial score (nSPS) is 17.4. The van der Waals surface area contributed by atoms with Crippen LogP contribution in [0.2, 0.25) is 5.02 Å². The summed E-state index contributed by atoms with van der Waals surface area (Å²) in [6, 6.07) is 5.40. The number of rotatable bonds is 9. The van der Waals surface area contributed by atoms with Crippen molar-refractivity contribution in [2.75, 3.05) is 27.2 Å². The van der Waals surface area contributed by atoms with Gasteiger partial charge in [0.2, 0.25) is 21.8 Å². The highest BCUT2D eigenvalue weighted by Crippen LogP contribution is 2.28. The highest BCUT2D eigenvalue weighted by molar-refractivity contribution is 7.92. The fourth-order valence-electron chi connectivity index (χ4n) is 4.67. The Kier molecular flexibility index (Phi) is 10.3. The monoisotopic (exact) mass is 642 g/mol. The molecular weight excluding hydrogens is 614 g/mol. The third-order valence-corrected chi connectivity index (χ3v) is 8.65. The zero-order chi connectivity index (χ0) is 32.0. The molecule has 1 aromatic carbocycles. The van der Waals surface area contributed by atoms with Gasteiger partial charge < -0.3 is 25.6 Å². The minimum absolute atomic E-state index is 0.0343. The van der Waals surface area contributed by atoms with Gasteiger partial charge in [-0.05, 0) is 43.5 Å². The predicted octanol–water partition coefficient (Wildman–Crippen LogP) is 1.88. The van der Waals surface area contributed by atoms with E-state index in [1.165, 1.54) is 48.6 Å². The summed E-state index contributed by atoms with van der Waals surface area (Å²) >= 11 is 5.86. The molecular formula is C28H29ClN7O7S-. The topological polar surface area (TPSA) is 189 Å². The van der Waals surface area contributed by atoms with E-state index in [9.17, 15) is 33.1 Å². The summed E-state index contributed by atoms with van der Waals surface area (Å²) < 4.78 is 28.0. The second kappa shape index (κ2) is 13.9. The molecule has 44 heavy (non-hydrogen) atoms. The van der Waals surface area contributed by atoms with Crippen molar-refractivity contribution >= 4 is 45.4 Å². The van der Waals surface area contributed by atoms with E-state index in [0.29, 0.717) is 11.4 Å². The first-order valence-electron chi connectivity index (χ1n) is 13.3. The number of benzene rings is 1. The molecule has 2 N–H and O–H groups in total. The largest absolute Gasteiger partial charge is 0.756 e. The standard InChI is InChI=1S/C28H29ClN7O7S/c1-30-25(38)12-22-16-35(44(42,43)10-7-18-3-4-21(29)11-24(18)37)17-23(13-26(39)34(2)41)36(22)28(40)20-14-32-27(33-15-20)19-5-8-31-9-6-19/h3-11,14-15,22-23,37H,12-13,16-17H2,1-2H3,(H,30,38)/q-1. The summed E-state index contributed by atoms with van der Waals surface area (Å²) in [5.41, 5.74) is 0.882. The molecule has 14 nitrogen and oxygen atoms in total. The third kappa shape index (κ3) is 7.74. The summed E-state index contributed by atoms with van der Waals surface area (Å²) in [5.74, 6) is -1.93. The Balaban J connectivity index is 1.69. The zero-order valence-electron chi connectivity index (χ0n) is 23.7. The first-order valence-corrected chi connectivity index (χ1v) is 15.1. The lowest BCUT2D eigenvalue weighted by Gasteiger charge is -2.46. The number of piperazine rings is 1. The number of carbonyl (C=O) groups is 3. The molecule has 1 aliphatic heterocycles. The number of amides is 3. The number of halogens is 1. The van der Waals surface area contributed by atoms with Gasteiger partial charge in [-0.25, -0.2) is 18.4 Å². The van der Waals surface area contributed by atoms with Crippen molar-refractivity contribution in [1.29, 1.82) is 0 Å². The number of sulfonamides is 1. The van der Waals surface area contributed by atoms with Crippen LogP contribution in [0.3, 0.4) is 0 Å². The fourth-order valence-corrected chi connectivity index (χ4v) is 6.09. The fraction of sp³-hybridized carbons (Fsp3) is 0.286. The van der Waals surface area contributed by atoms with E-state index in [0.717, 1.165) is 16.8 Å². The molecule has 2 unspecified atom stereocenters. The number of aromatic hydroxyl groups is 1. The maximum atomic E-state index is 13.9. The molecule has 3 amide bonds. The van der Waals surface area contributed by atoms with Gasteiger partial charge in [0.1, 0.15) is 5.75 Å². The van der Waals surface area contributed by atoms with Crippen molar-refractivity contribution in [3.63, 3.8) is 0 Å². The number of nitrogens with zero attached hydrogens (tertiary/aromatic N) is 6. The van der Waals surface area contributed by atoms with Gasteiger partial charge in [0.05, 0.1) is 17.6 Å². The van der Waals surface area contributed by atoms with Crippen molar-refractivity contribution in [2.24, 2.45) is 0 Å². The van der Waals surface area contributed by atoms with Crippen LogP contribution in [0, 0.1) is 5.21 Å². The van der Waals surface area contributed by atoms with Gasteiger partial charge >= 0.3 is 0 Å². The van der Waals surface area contributed by atoms with Crippen LogP contribution in [0.15, 0.2) is 60.5 Å². The van der Waals surface area contributed by atoms with Crippen LogP contribution < -0.4 is 5.32 Å². The summed E-state index contributed by atoms with van der Waals surface area (Å²) in [7, 11) is -1.82. The minimum atomic E-state index is -4.22. The van der Waals surface area contributed by atoms with E-state index in [1.54, 1.807) is 24.5 Å². The Morgan fingerprint density at radius 3 is 2.34 bits per heavy atom. The van der Waals surface area contributed by atoms with E-state index in [1.807, 2.05) is 0 Å². The highest BCUT2D eigenvalue weighted by atomic mass is 35.5. The van der Waals surface area contributed by atoms with Gasteiger partial charge in [0.25, 0.3) is 5.91 Å². The van der Waals surface area contributed by atoms with Crippen LogP contribution in [-0.2, 0) is 19.6 Å². The molecule has 0 spiro atoms. The molecule has 232 valence electrons. The number of pyridine rings is 1. The van der Waals surface area contributed by atoms with E-state index >= 15 is 0 Å². The highest BCUT2D eigenvalue weighted by Gasteiger charge is 2.43. The Labute approximate surface area is 258 Å². The molecule has 3 heterocycles. The Bertz CT molecular complexity index is 1650. The van der Waals surface area contributed by atoms with Gasteiger partial charge in [-0.2, -0.15) is 4.31 Å². The number of carbonyl (C=O) groups excluding carboxylic acids is 3. The lowest BCUT2D eigenvalue weighted by Crippen LogP contribution is -2.62. The number of phenols is 1. The van der Waals surface area contributed by atoms with Gasteiger partial charge in [-0.15, -0.1) is 0 Å². The maximum absolute atomic E-state index is 13.9. The second-order valence-corrected chi connectivity index (χ2v) is 12.1. The summed E-state index contributed by atoms with van der Waals surface area (Å²) in [6.07, 6.45) is 6.09. The molecule has 2 atom stereocenters. The van der Waals surface area contributed by atoms with E-state index in [4.69, 9.17) is 11.6 Å². The van der Waals surface area contributed by atoms with Crippen LogP contribution >= 0.6 is 11.6 Å². The summed E-state index contributed by atoms with van der Waals surface area (Å²) in [5, 5.41) is 25.7. The Morgan fingerprint density at radius 1 is 1.11 bits per heavy atom. The van der Waals surface area contributed by atoms with Crippen molar-refractivity contribution in [1.82, 2.24) is 34.5 Å². The number of hydrogen-bond acceptors (Lipinski definition) is 10. The average molecular weight is 643 g/mol. The summed E-state index contributed by atoms with van der Waals surface area (Å²) in [4.78, 5) is 52.7. The van der Waals surface area contributed by atoms with E-state index in [-0.39, 0.29) is 46.5 Å². The maximum Gasteiger partial charge on any atom is 0.257 e. The molecule has 0 bridgehead atoms. The van der Waals surface area contributed by atoms with Crippen LogP contribution in [0.5, 0.6) is 5.75 Å². The lowest BCUT2D eigenvalue weighted by molar-refractivity contribution is -0.129. The summed E-state index contributed by atoms with van der Waals surface area (Å²) in [6.45, 7) is -0.656. The molecule has 4 rings (SSSR count). The molecule has 1 aliphatic rings. The number of nitrogens with one attached hydrogen (secondary N) is 1. The van der Waals surface area contributed by atoms with Crippen molar-refractivity contribution in [2.45, 2.75) is 24.9 Å². The van der Waals surface area contributed by atoms with Crippen LogP contribution in [-0.4, -0.2) is 99.7 Å². The van der Waals surface area contributed by atoms with Gasteiger partial charge in [0, 0.05) is 79.3 Å². The number of hydroxylamine groups is 2. The lowest BCUT2D eigenvalue weighted by atomic mass is 10.00. The molecule has 16 heteroatoms. The van der Waals surface area contributed by atoms with Crippen LogP contribution in [0.25, 0.3) is 17.5 Å².